The minimum Gasteiger partial charge on any atom is -0.336 e. The molecule has 1 amide bonds. The van der Waals surface area contributed by atoms with Crippen molar-refractivity contribution in [1.29, 1.82) is 0 Å². The lowest BCUT2D eigenvalue weighted by molar-refractivity contribution is 0.0489. The van der Waals surface area contributed by atoms with Gasteiger partial charge in [0.2, 0.25) is 0 Å². The predicted molar refractivity (Wildman–Crippen MR) is 90.3 cm³/mol. The number of nitrogens with zero attached hydrogens (tertiary/aromatic N) is 2. The number of amides is 1. The highest BCUT2D eigenvalue weighted by atomic mass is 35.5. The van der Waals surface area contributed by atoms with Gasteiger partial charge in [-0.2, -0.15) is 0 Å². The van der Waals surface area contributed by atoms with Gasteiger partial charge in [-0.3, -0.25) is 9.69 Å². The first-order valence-electron chi connectivity index (χ1n) is 8.42. The molecule has 1 aromatic carbocycles. The monoisotopic (exact) mass is 320 g/mol. The standard InChI is InChI=1S/C18H25ClN2O/c1-14-4-2-7-17(12-14)20-8-10-21(11-9-20)18(22)15-5-3-6-16(19)13-15/h3,5-6,13-14,17H,2,4,7-12H2,1H3/t14-,17+/m1/s1. The summed E-state index contributed by atoms with van der Waals surface area (Å²) in [5.74, 6) is 0.962. The van der Waals surface area contributed by atoms with Crippen molar-refractivity contribution in [1.82, 2.24) is 9.80 Å². The molecule has 1 aliphatic heterocycles. The molecular weight excluding hydrogens is 296 g/mol. The summed E-state index contributed by atoms with van der Waals surface area (Å²) in [4.78, 5) is 17.1. The lowest BCUT2D eigenvalue weighted by Gasteiger charge is -2.42. The van der Waals surface area contributed by atoms with Crippen LogP contribution in [0.5, 0.6) is 0 Å². The minimum atomic E-state index is 0.110. The number of halogens is 1. The van der Waals surface area contributed by atoms with Crippen LogP contribution in [0.3, 0.4) is 0 Å². The van der Waals surface area contributed by atoms with Gasteiger partial charge in [0.25, 0.3) is 5.91 Å². The van der Waals surface area contributed by atoms with E-state index in [4.69, 9.17) is 11.6 Å². The first-order chi connectivity index (χ1) is 10.6. The molecule has 0 unspecified atom stereocenters. The van der Waals surface area contributed by atoms with Gasteiger partial charge in [-0.05, 0) is 37.0 Å². The van der Waals surface area contributed by atoms with Crippen LogP contribution < -0.4 is 0 Å². The van der Waals surface area contributed by atoms with Gasteiger partial charge in [0.15, 0.2) is 0 Å². The van der Waals surface area contributed by atoms with Crippen LogP contribution in [0.1, 0.15) is 43.0 Å². The van der Waals surface area contributed by atoms with Gasteiger partial charge in [-0.15, -0.1) is 0 Å². The number of carbonyl (C=O) groups excluding carboxylic acids is 1. The maximum absolute atomic E-state index is 12.5. The molecule has 120 valence electrons. The molecule has 2 atom stereocenters. The van der Waals surface area contributed by atoms with E-state index >= 15 is 0 Å². The Morgan fingerprint density at radius 1 is 1.18 bits per heavy atom. The Labute approximate surface area is 138 Å². The number of hydrogen-bond donors (Lipinski definition) is 0. The number of carbonyl (C=O) groups is 1. The van der Waals surface area contributed by atoms with E-state index in [2.05, 4.69) is 11.8 Å². The molecule has 1 heterocycles. The molecular formula is C18H25ClN2O. The third-order valence-electron chi connectivity index (χ3n) is 5.10. The Morgan fingerprint density at radius 3 is 2.64 bits per heavy atom. The van der Waals surface area contributed by atoms with Crippen molar-refractivity contribution in [2.75, 3.05) is 26.2 Å². The number of benzene rings is 1. The minimum absolute atomic E-state index is 0.110. The smallest absolute Gasteiger partial charge is 0.253 e. The molecule has 1 aliphatic carbocycles. The zero-order valence-corrected chi connectivity index (χ0v) is 14.1. The second-order valence-electron chi connectivity index (χ2n) is 6.76. The predicted octanol–water partition coefficient (Wildman–Crippen LogP) is 3.68. The summed E-state index contributed by atoms with van der Waals surface area (Å²) in [5, 5.41) is 0.626. The molecule has 0 aromatic heterocycles. The molecule has 3 nitrogen and oxygen atoms in total. The van der Waals surface area contributed by atoms with Crippen molar-refractivity contribution in [3.63, 3.8) is 0 Å². The Balaban J connectivity index is 1.56. The molecule has 0 N–H and O–H groups in total. The summed E-state index contributed by atoms with van der Waals surface area (Å²) in [6, 6.07) is 7.99. The summed E-state index contributed by atoms with van der Waals surface area (Å²) in [7, 11) is 0. The third kappa shape index (κ3) is 3.64. The molecule has 2 fully saturated rings. The maximum atomic E-state index is 12.5. The topological polar surface area (TPSA) is 23.6 Å². The van der Waals surface area contributed by atoms with E-state index in [9.17, 15) is 4.79 Å². The fourth-order valence-electron chi connectivity index (χ4n) is 3.83. The van der Waals surface area contributed by atoms with E-state index in [0.29, 0.717) is 10.6 Å². The van der Waals surface area contributed by atoms with Crippen molar-refractivity contribution in [3.05, 3.63) is 34.9 Å². The van der Waals surface area contributed by atoms with Gasteiger partial charge in [0.05, 0.1) is 0 Å². The largest absolute Gasteiger partial charge is 0.336 e. The first kappa shape index (κ1) is 15.8. The van der Waals surface area contributed by atoms with Gasteiger partial charge in [0.1, 0.15) is 0 Å². The molecule has 1 saturated carbocycles. The normalized spacial score (nSPS) is 26.9. The van der Waals surface area contributed by atoms with Crippen molar-refractivity contribution in [2.24, 2.45) is 5.92 Å². The molecule has 0 bridgehead atoms. The van der Waals surface area contributed by atoms with Crippen LogP contribution >= 0.6 is 11.6 Å². The summed E-state index contributed by atoms with van der Waals surface area (Å²) in [5.41, 5.74) is 0.701. The second-order valence-corrected chi connectivity index (χ2v) is 7.20. The van der Waals surface area contributed by atoms with E-state index in [-0.39, 0.29) is 5.91 Å². The van der Waals surface area contributed by atoms with E-state index in [0.717, 1.165) is 38.1 Å². The zero-order chi connectivity index (χ0) is 15.5. The van der Waals surface area contributed by atoms with Crippen LogP contribution in [-0.4, -0.2) is 47.9 Å². The van der Waals surface area contributed by atoms with Gasteiger partial charge in [-0.25, -0.2) is 0 Å². The van der Waals surface area contributed by atoms with Crippen LogP contribution in [0.15, 0.2) is 24.3 Å². The summed E-state index contributed by atoms with van der Waals surface area (Å²) in [6.07, 6.45) is 5.38. The molecule has 0 radical (unpaired) electrons. The zero-order valence-electron chi connectivity index (χ0n) is 13.3. The van der Waals surface area contributed by atoms with E-state index in [1.807, 2.05) is 17.0 Å². The Morgan fingerprint density at radius 2 is 1.95 bits per heavy atom. The quantitative estimate of drug-likeness (QED) is 0.830. The lowest BCUT2D eigenvalue weighted by Crippen LogP contribution is -2.52. The van der Waals surface area contributed by atoms with Gasteiger partial charge < -0.3 is 4.90 Å². The summed E-state index contributed by atoms with van der Waals surface area (Å²) >= 11 is 5.99. The number of hydrogen-bond acceptors (Lipinski definition) is 2. The fraction of sp³-hybridized carbons (Fsp3) is 0.611. The van der Waals surface area contributed by atoms with E-state index < -0.39 is 0 Å². The Hall–Kier alpha value is -1.06. The van der Waals surface area contributed by atoms with Crippen molar-refractivity contribution >= 4 is 17.5 Å². The molecule has 2 aliphatic rings. The molecule has 1 saturated heterocycles. The molecule has 22 heavy (non-hydrogen) atoms. The Kier molecular flexibility index (Phi) is 5.04. The maximum Gasteiger partial charge on any atom is 0.253 e. The average Bonchev–Trinajstić information content (AvgIpc) is 2.54. The second kappa shape index (κ2) is 7.01. The summed E-state index contributed by atoms with van der Waals surface area (Å²) < 4.78 is 0. The van der Waals surface area contributed by atoms with E-state index in [1.54, 1.807) is 12.1 Å². The SMILES string of the molecule is C[C@@H]1CCC[C@H](N2CCN(C(=O)c3cccc(Cl)c3)CC2)C1. The average molecular weight is 321 g/mol. The highest BCUT2D eigenvalue weighted by Gasteiger charge is 2.29. The number of piperazine rings is 1. The fourth-order valence-corrected chi connectivity index (χ4v) is 4.02. The van der Waals surface area contributed by atoms with Gasteiger partial charge in [-0.1, -0.05) is 37.4 Å². The van der Waals surface area contributed by atoms with Crippen molar-refractivity contribution in [3.8, 4) is 0 Å². The molecule has 4 heteroatoms. The molecule has 0 spiro atoms. The Bertz CT molecular complexity index is 526. The highest BCUT2D eigenvalue weighted by molar-refractivity contribution is 6.30. The molecule has 3 rings (SSSR count). The van der Waals surface area contributed by atoms with Crippen molar-refractivity contribution in [2.45, 2.75) is 38.6 Å². The third-order valence-corrected chi connectivity index (χ3v) is 5.33. The van der Waals surface area contributed by atoms with Crippen LogP contribution in [0.25, 0.3) is 0 Å². The van der Waals surface area contributed by atoms with Crippen molar-refractivity contribution < 1.29 is 4.79 Å². The number of rotatable bonds is 2. The molecule has 1 aromatic rings. The van der Waals surface area contributed by atoms with Crippen LogP contribution in [0.2, 0.25) is 5.02 Å². The lowest BCUT2D eigenvalue weighted by atomic mass is 9.86. The van der Waals surface area contributed by atoms with Crippen LogP contribution in [0, 0.1) is 5.92 Å². The first-order valence-corrected chi connectivity index (χ1v) is 8.80. The highest BCUT2D eigenvalue weighted by Crippen LogP contribution is 2.28. The summed E-state index contributed by atoms with van der Waals surface area (Å²) in [6.45, 7) is 6.03. The van der Waals surface area contributed by atoms with Gasteiger partial charge >= 0.3 is 0 Å². The van der Waals surface area contributed by atoms with E-state index in [1.165, 1.54) is 25.7 Å². The van der Waals surface area contributed by atoms with Gasteiger partial charge in [0, 0.05) is 42.8 Å². The van der Waals surface area contributed by atoms with Crippen LogP contribution in [0.4, 0.5) is 0 Å². The van der Waals surface area contributed by atoms with Crippen LogP contribution in [-0.2, 0) is 0 Å².